The van der Waals surface area contributed by atoms with Crippen LogP contribution in [0.3, 0.4) is 0 Å². The monoisotopic (exact) mass is 564 g/mol. The minimum absolute atomic E-state index is 0.0839. The third-order valence-electron chi connectivity index (χ3n) is 8.56. The van der Waals surface area contributed by atoms with Crippen LogP contribution < -0.4 is 0 Å². The van der Waals surface area contributed by atoms with Gasteiger partial charge >= 0.3 is 0 Å². The predicted octanol–water partition coefficient (Wildman–Crippen LogP) is 3.64. The summed E-state index contributed by atoms with van der Waals surface area (Å²) >= 11 is 0. The molecule has 9 heteroatoms. The van der Waals surface area contributed by atoms with Gasteiger partial charge in [0.15, 0.2) is 0 Å². The Bertz CT molecular complexity index is 630. The van der Waals surface area contributed by atoms with E-state index in [2.05, 4.69) is 55.0 Å². The molecule has 0 aromatic heterocycles. The van der Waals surface area contributed by atoms with E-state index in [-0.39, 0.29) is 37.4 Å². The van der Waals surface area contributed by atoms with E-state index in [9.17, 15) is 10.2 Å². The highest BCUT2D eigenvalue weighted by Crippen LogP contribution is 2.41. The molecule has 5 unspecified atom stereocenters. The van der Waals surface area contributed by atoms with Gasteiger partial charge in [-0.3, -0.25) is 0 Å². The van der Waals surface area contributed by atoms with E-state index in [1.54, 1.807) is 0 Å². The highest BCUT2D eigenvalue weighted by Gasteiger charge is 2.44. The second kappa shape index (κ2) is 19.5. The first kappa shape index (κ1) is 38.4. The summed E-state index contributed by atoms with van der Waals surface area (Å²) in [5.41, 5.74) is -1.70. The molecule has 234 valence electrons. The summed E-state index contributed by atoms with van der Waals surface area (Å²) in [6.07, 6.45) is 4.82. The van der Waals surface area contributed by atoms with Crippen molar-refractivity contribution < 1.29 is 44.1 Å². The molecule has 0 rings (SSSR count). The van der Waals surface area contributed by atoms with Crippen LogP contribution in [0.4, 0.5) is 0 Å². The molecule has 0 radical (unpaired) electrons. The maximum absolute atomic E-state index is 9.49. The van der Waals surface area contributed by atoms with Crippen molar-refractivity contribution in [3.05, 3.63) is 12.7 Å². The molecule has 0 aliphatic carbocycles. The van der Waals surface area contributed by atoms with Gasteiger partial charge in [0, 0.05) is 12.0 Å². The maximum Gasteiger partial charge on any atom is 0.100 e. The Hall–Kier alpha value is -0.620. The molecule has 0 aromatic carbocycles. The third kappa shape index (κ3) is 13.3. The highest BCUT2D eigenvalue weighted by molar-refractivity contribution is 5.06. The summed E-state index contributed by atoms with van der Waals surface area (Å²) < 4.78 is 30.2. The molecule has 0 saturated heterocycles. The molecule has 0 fully saturated rings. The molecule has 0 saturated carbocycles. The van der Waals surface area contributed by atoms with Gasteiger partial charge in [0.2, 0.25) is 0 Å². The van der Waals surface area contributed by atoms with Crippen molar-refractivity contribution in [1.29, 1.82) is 0 Å². The topological polar surface area (TPSA) is 127 Å². The van der Waals surface area contributed by atoms with Crippen molar-refractivity contribution in [2.24, 2.45) is 5.41 Å². The van der Waals surface area contributed by atoms with Crippen LogP contribution in [0.15, 0.2) is 12.7 Å². The molecule has 4 N–H and O–H groups in total. The largest absolute Gasteiger partial charge is 0.394 e. The van der Waals surface area contributed by atoms with Crippen LogP contribution in [0.25, 0.3) is 0 Å². The van der Waals surface area contributed by atoms with Gasteiger partial charge in [0.25, 0.3) is 0 Å². The van der Waals surface area contributed by atoms with E-state index in [1.165, 1.54) is 0 Å². The minimum atomic E-state index is -0.872. The van der Waals surface area contributed by atoms with E-state index < -0.39 is 23.4 Å². The summed E-state index contributed by atoms with van der Waals surface area (Å²) in [4.78, 5) is 0. The Kier molecular flexibility index (Phi) is 19.2. The highest BCUT2D eigenvalue weighted by atomic mass is 16.5. The first-order chi connectivity index (χ1) is 18.4. The smallest absolute Gasteiger partial charge is 0.100 e. The van der Waals surface area contributed by atoms with Gasteiger partial charge in [-0.1, -0.05) is 40.7 Å². The van der Waals surface area contributed by atoms with Crippen molar-refractivity contribution in [1.82, 2.24) is 0 Å². The van der Waals surface area contributed by atoms with Gasteiger partial charge in [0.05, 0.1) is 69.7 Å². The Morgan fingerprint density at radius 1 is 0.692 bits per heavy atom. The lowest BCUT2D eigenvalue weighted by Gasteiger charge is -2.46. The van der Waals surface area contributed by atoms with Crippen LogP contribution in [0, 0.1) is 5.41 Å². The Morgan fingerprint density at radius 2 is 1.26 bits per heavy atom. The predicted molar refractivity (Wildman–Crippen MR) is 154 cm³/mol. The number of rotatable bonds is 26. The minimum Gasteiger partial charge on any atom is -0.394 e. The van der Waals surface area contributed by atoms with Crippen LogP contribution in [-0.4, -0.2) is 109 Å². The molecular weight excluding hydrogens is 504 g/mol. The second-order valence-corrected chi connectivity index (χ2v) is 11.2. The Morgan fingerprint density at radius 3 is 1.72 bits per heavy atom. The second-order valence-electron chi connectivity index (χ2n) is 11.2. The van der Waals surface area contributed by atoms with Crippen LogP contribution in [0.2, 0.25) is 0 Å². The average molecular weight is 565 g/mol. The zero-order valence-corrected chi connectivity index (χ0v) is 25.9. The lowest BCUT2D eigenvalue weighted by Crippen LogP contribution is -2.50. The molecule has 0 aromatic rings. The zero-order valence-electron chi connectivity index (χ0n) is 25.9. The molecule has 9 nitrogen and oxygen atoms in total. The summed E-state index contributed by atoms with van der Waals surface area (Å²) in [5, 5.41) is 36.8. The molecule has 39 heavy (non-hydrogen) atoms. The number of hydrogen-bond donors (Lipinski definition) is 4. The van der Waals surface area contributed by atoms with Gasteiger partial charge in [-0.15, -0.1) is 6.58 Å². The van der Waals surface area contributed by atoms with E-state index in [0.29, 0.717) is 45.9 Å². The first-order valence-corrected chi connectivity index (χ1v) is 14.7. The van der Waals surface area contributed by atoms with E-state index >= 15 is 0 Å². The van der Waals surface area contributed by atoms with Crippen LogP contribution in [0.5, 0.6) is 0 Å². The lowest BCUT2D eigenvalue weighted by atomic mass is 9.72. The van der Waals surface area contributed by atoms with Gasteiger partial charge in [-0.25, -0.2) is 0 Å². The molecule has 0 spiro atoms. The van der Waals surface area contributed by atoms with Gasteiger partial charge < -0.3 is 44.1 Å². The maximum atomic E-state index is 9.49. The molecule has 0 aliphatic heterocycles. The Balaban J connectivity index is 5.10. The molecule has 0 amide bonds. The summed E-state index contributed by atoms with van der Waals surface area (Å²) in [6, 6.07) is 0. The van der Waals surface area contributed by atoms with E-state index in [1.807, 2.05) is 6.08 Å². The summed E-state index contributed by atoms with van der Waals surface area (Å²) in [5.74, 6) is 0. The van der Waals surface area contributed by atoms with Gasteiger partial charge in [-0.05, 0) is 52.4 Å². The van der Waals surface area contributed by atoms with Crippen LogP contribution >= 0.6 is 0 Å². The molecular formula is C30H60O9. The van der Waals surface area contributed by atoms with Crippen molar-refractivity contribution in [3.8, 4) is 0 Å². The molecule has 0 bridgehead atoms. The normalized spacial score (nSPS) is 18.6. The molecule has 0 heterocycles. The summed E-state index contributed by atoms with van der Waals surface area (Å²) in [6.45, 7) is 20.6. The van der Waals surface area contributed by atoms with Crippen molar-refractivity contribution in [3.63, 3.8) is 0 Å². The SMILES string of the molecule is C=CC(C)(OCCC(CC)(CC)OCCOCC(O)CO)C(C)(CC)COC(C)(CC)CCOCC(O)CO. The number of aliphatic hydroxyl groups excluding tert-OH is 4. The van der Waals surface area contributed by atoms with Crippen molar-refractivity contribution >= 4 is 0 Å². The van der Waals surface area contributed by atoms with Crippen LogP contribution in [0.1, 0.15) is 87.0 Å². The van der Waals surface area contributed by atoms with E-state index in [4.69, 9.17) is 33.9 Å². The Labute approximate surface area is 237 Å². The molecule has 0 aliphatic rings. The fraction of sp³-hybridized carbons (Fsp3) is 0.933. The van der Waals surface area contributed by atoms with Crippen LogP contribution in [-0.2, 0) is 23.7 Å². The quantitative estimate of drug-likeness (QED) is 0.0920. The standard InChI is InChI=1S/C30H60O9/c1-9-27(6,24-39-28(7,10-2)14-16-35-22-25(33)20-31)29(8,11-3)37-17-15-30(12-4,13-5)38-19-18-36-23-26(34)21-32/h11,25-26,31-34H,3,9-10,12-24H2,1-2,4-8H3. The number of hydrogen-bond acceptors (Lipinski definition) is 9. The fourth-order valence-electron chi connectivity index (χ4n) is 4.24. The molecule has 5 atom stereocenters. The zero-order chi connectivity index (χ0) is 30.0. The average Bonchev–Trinajstić information content (AvgIpc) is 2.96. The first-order valence-electron chi connectivity index (χ1n) is 14.7. The van der Waals surface area contributed by atoms with E-state index in [0.717, 1.165) is 25.7 Å². The number of aliphatic hydroxyl groups is 4. The summed E-state index contributed by atoms with van der Waals surface area (Å²) in [7, 11) is 0. The lowest BCUT2D eigenvalue weighted by molar-refractivity contribution is -0.162. The fourth-order valence-corrected chi connectivity index (χ4v) is 4.24. The number of ether oxygens (including phenoxy) is 5. The third-order valence-corrected chi connectivity index (χ3v) is 8.56. The van der Waals surface area contributed by atoms with Crippen molar-refractivity contribution in [2.45, 2.75) is 116 Å². The van der Waals surface area contributed by atoms with Gasteiger partial charge in [0.1, 0.15) is 12.2 Å². The van der Waals surface area contributed by atoms with Crippen molar-refractivity contribution in [2.75, 3.05) is 59.5 Å². The van der Waals surface area contributed by atoms with Gasteiger partial charge in [-0.2, -0.15) is 0 Å².